The lowest BCUT2D eigenvalue weighted by Gasteiger charge is -2.16. The molecule has 0 heterocycles. The minimum Gasteiger partial charge on any atom is -0.0893 e. The Morgan fingerprint density at radius 2 is 2.00 bits per heavy atom. The molecule has 0 fully saturated rings. The van der Waals surface area contributed by atoms with Crippen molar-refractivity contribution in [3.8, 4) is 0 Å². The Morgan fingerprint density at radius 3 is 2.83 bits per heavy atom. The fourth-order valence-corrected chi connectivity index (χ4v) is 1.99. The van der Waals surface area contributed by atoms with E-state index < -0.39 is 0 Å². The third-order valence-electron chi connectivity index (χ3n) is 2.42. The minimum atomic E-state index is 1.02. The highest BCUT2D eigenvalue weighted by Gasteiger charge is 2.11. The predicted octanol–water partition coefficient (Wildman–Crippen LogP) is 2.85. The summed E-state index contributed by atoms with van der Waals surface area (Å²) in [5.74, 6) is 0. The van der Waals surface area contributed by atoms with Gasteiger partial charge in [-0.1, -0.05) is 36.0 Å². The molecule has 1 aliphatic rings. The van der Waals surface area contributed by atoms with Gasteiger partial charge in [0, 0.05) is 6.42 Å². The zero-order valence-corrected chi connectivity index (χ0v) is 8.08. The Labute approximate surface area is 78.6 Å². The Hall–Kier alpha value is -0.690. The molecule has 1 aromatic rings. The summed E-state index contributed by atoms with van der Waals surface area (Å²) in [6, 6.07) is 6.68. The molecule has 1 aliphatic carbocycles. The first kappa shape index (κ1) is 7.93. The fraction of sp³-hybridized carbons (Fsp3) is 0.364. The zero-order valence-electron chi connectivity index (χ0n) is 7.26. The van der Waals surface area contributed by atoms with Gasteiger partial charge in [0.05, 0.1) is 0 Å². The third kappa shape index (κ3) is 1.42. The van der Waals surface area contributed by atoms with Crippen LogP contribution in [0.3, 0.4) is 0 Å². The van der Waals surface area contributed by atoms with Crippen LogP contribution in [-0.4, -0.2) is 4.86 Å². The van der Waals surface area contributed by atoms with E-state index in [-0.39, 0.29) is 0 Å². The van der Waals surface area contributed by atoms with Crippen molar-refractivity contribution in [2.24, 2.45) is 0 Å². The van der Waals surface area contributed by atoms with Gasteiger partial charge in [0.15, 0.2) is 0 Å². The number of thiocarbonyl (C=S) groups is 1. The molecule has 12 heavy (non-hydrogen) atoms. The summed E-state index contributed by atoms with van der Waals surface area (Å²) >= 11 is 5.21. The lowest BCUT2D eigenvalue weighted by atomic mass is 9.90. The molecule has 0 N–H and O–H groups in total. The smallest absolute Gasteiger partial charge is 0.00410 e. The SMILES string of the molecule is Cc1ccc2c(c1)CCC(=S)C2. The molecule has 0 atom stereocenters. The molecule has 2 rings (SSSR count). The maximum Gasteiger partial charge on any atom is 0.00410 e. The van der Waals surface area contributed by atoms with Gasteiger partial charge in [-0.3, -0.25) is 0 Å². The Morgan fingerprint density at radius 1 is 1.17 bits per heavy atom. The van der Waals surface area contributed by atoms with Gasteiger partial charge in [0.1, 0.15) is 0 Å². The van der Waals surface area contributed by atoms with Crippen molar-refractivity contribution >= 4 is 17.1 Å². The van der Waals surface area contributed by atoms with Gasteiger partial charge in [0.25, 0.3) is 0 Å². The highest BCUT2D eigenvalue weighted by Crippen LogP contribution is 2.20. The van der Waals surface area contributed by atoms with E-state index in [0.29, 0.717) is 0 Å². The van der Waals surface area contributed by atoms with E-state index in [1.165, 1.54) is 21.6 Å². The average Bonchev–Trinajstić information content (AvgIpc) is 2.05. The molecule has 0 saturated heterocycles. The normalized spacial score (nSPS) is 15.9. The number of rotatable bonds is 0. The van der Waals surface area contributed by atoms with Crippen LogP contribution in [0.5, 0.6) is 0 Å². The van der Waals surface area contributed by atoms with E-state index in [9.17, 15) is 0 Å². The quantitative estimate of drug-likeness (QED) is 0.548. The first-order valence-corrected chi connectivity index (χ1v) is 4.76. The van der Waals surface area contributed by atoms with Crippen molar-refractivity contribution in [1.82, 2.24) is 0 Å². The van der Waals surface area contributed by atoms with E-state index >= 15 is 0 Å². The van der Waals surface area contributed by atoms with Crippen molar-refractivity contribution in [3.63, 3.8) is 0 Å². The minimum absolute atomic E-state index is 1.02. The van der Waals surface area contributed by atoms with Crippen LogP contribution in [0.2, 0.25) is 0 Å². The van der Waals surface area contributed by atoms with Gasteiger partial charge in [-0.25, -0.2) is 0 Å². The highest BCUT2D eigenvalue weighted by atomic mass is 32.1. The molecule has 0 spiro atoms. The third-order valence-corrected chi connectivity index (χ3v) is 2.77. The molecular formula is C11H12S. The Kier molecular flexibility index (Phi) is 1.97. The first-order valence-electron chi connectivity index (χ1n) is 4.36. The van der Waals surface area contributed by atoms with E-state index in [1.807, 2.05) is 0 Å². The summed E-state index contributed by atoms with van der Waals surface area (Å²) in [5.41, 5.74) is 4.31. The summed E-state index contributed by atoms with van der Waals surface area (Å²) in [7, 11) is 0. The second kappa shape index (κ2) is 2.98. The first-order chi connectivity index (χ1) is 5.75. The molecule has 1 aromatic carbocycles. The summed E-state index contributed by atoms with van der Waals surface area (Å²) in [4.78, 5) is 1.21. The molecule has 0 unspecified atom stereocenters. The van der Waals surface area contributed by atoms with Crippen molar-refractivity contribution in [2.75, 3.05) is 0 Å². The largest absolute Gasteiger partial charge is 0.0893 e. The van der Waals surface area contributed by atoms with Crippen molar-refractivity contribution < 1.29 is 0 Å². The van der Waals surface area contributed by atoms with Crippen molar-refractivity contribution in [2.45, 2.75) is 26.2 Å². The fourth-order valence-electron chi connectivity index (χ4n) is 1.73. The van der Waals surface area contributed by atoms with Crippen LogP contribution in [0.15, 0.2) is 18.2 Å². The zero-order chi connectivity index (χ0) is 8.55. The Bertz CT molecular complexity index is 326. The van der Waals surface area contributed by atoms with E-state index in [2.05, 4.69) is 25.1 Å². The maximum absolute atomic E-state index is 5.21. The second-order valence-electron chi connectivity index (χ2n) is 3.49. The lowest BCUT2D eigenvalue weighted by Crippen LogP contribution is -2.11. The van der Waals surface area contributed by atoms with Crippen molar-refractivity contribution in [3.05, 3.63) is 34.9 Å². The summed E-state index contributed by atoms with van der Waals surface area (Å²) < 4.78 is 0. The maximum atomic E-state index is 5.21. The average molecular weight is 176 g/mol. The molecule has 0 radical (unpaired) electrons. The summed E-state index contributed by atoms with van der Waals surface area (Å²) in [6.45, 7) is 2.15. The standard InChI is InChI=1S/C11H12S/c1-8-2-3-10-7-11(12)5-4-9(10)6-8/h2-3,6H,4-5,7H2,1H3. The number of aryl methyl sites for hydroxylation is 2. The van der Waals surface area contributed by atoms with Crippen LogP contribution in [0.4, 0.5) is 0 Å². The van der Waals surface area contributed by atoms with Gasteiger partial charge in [0.2, 0.25) is 0 Å². The number of fused-ring (bicyclic) bond motifs is 1. The predicted molar refractivity (Wildman–Crippen MR) is 55.8 cm³/mol. The molecule has 0 nitrogen and oxygen atoms in total. The summed E-state index contributed by atoms with van der Waals surface area (Å²) in [6.07, 6.45) is 3.27. The number of hydrogen-bond acceptors (Lipinski definition) is 1. The molecule has 0 aliphatic heterocycles. The number of benzene rings is 1. The van der Waals surface area contributed by atoms with Gasteiger partial charge < -0.3 is 0 Å². The summed E-state index contributed by atoms with van der Waals surface area (Å²) in [5, 5.41) is 0. The van der Waals surface area contributed by atoms with Crippen LogP contribution < -0.4 is 0 Å². The van der Waals surface area contributed by atoms with Crippen LogP contribution in [-0.2, 0) is 12.8 Å². The van der Waals surface area contributed by atoms with E-state index in [1.54, 1.807) is 0 Å². The van der Waals surface area contributed by atoms with Crippen LogP contribution >= 0.6 is 12.2 Å². The molecule has 0 aromatic heterocycles. The highest BCUT2D eigenvalue weighted by molar-refractivity contribution is 7.80. The molecule has 0 bridgehead atoms. The molecule has 1 heteroatoms. The molecule has 0 saturated carbocycles. The topological polar surface area (TPSA) is 0 Å². The van der Waals surface area contributed by atoms with Gasteiger partial charge in [-0.2, -0.15) is 0 Å². The Balaban J connectivity index is 2.43. The van der Waals surface area contributed by atoms with Gasteiger partial charge >= 0.3 is 0 Å². The van der Waals surface area contributed by atoms with Crippen LogP contribution in [0.1, 0.15) is 23.1 Å². The van der Waals surface area contributed by atoms with Gasteiger partial charge in [-0.05, 0) is 35.8 Å². The van der Waals surface area contributed by atoms with E-state index in [4.69, 9.17) is 12.2 Å². The molecule has 0 amide bonds. The molecular weight excluding hydrogens is 164 g/mol. The van der Waals surface area contributed by atoms with E-state index in [0.717, 1.165) is 19.3 Å². The molecule has 62 valence electrons. The lowest BCUT2D eigenvalue weighted by molar-refractivity contribution is 0.962. The van der Waals surface area contributed by atoms with Crippen molar-refractivity contribution in [1.29, 1.82) is 0 Å². The van der Waals surface area contributed by atoms with Gasteiger partial charge in [-0.15, -0.1) is 0 Å². The van der Waals surface area contributed by atoms with Crippen LogP contribution in [0.25, 0.3) is 0 Å². The second-order valence-corrected chi connectivity index (χ2v) is 4.06. The van der Waals surface area contributed by atoms with Crippen LogP contribution in [0, 0.1) is 6.92 Å². The number of hydrogen-bond donors (Lipinski definition) is 0. The monoisotopic (exact) mass is 176 g/mol.